The van der Waals surface area contributed by atoms with Gasteiger partial charge in [0.25, 0.3) is 0 Å². The fourth-order valence-electron chi connectivity index (χ4n) is 1.89. The number of primary amides is 1. The highest BCUT2D eigenvalue weighted by Gasteiger charge is 2.18. The van der Waals surface area contributed by atoms with Crippen LogP contribution in [0.2, 0.25) is 0 Å². The van der Waals surface area contributed by atoms with Gasteiger partial charge < -0.3 is 10.5 Å². The number of hydrogen-bond donors (Lipinski definition) is 1. The van der Waals surface area contributed by atoms with Crippen molar-refractivity contribution in [2.45, 2.75) is 16.8 Å². The van der Waals surface area contributed by atoms with Crippen molar-refractivity contribution in [1.82, 2.24) is 0 Å². The van der Waals surface area contributed by atoms with Gasteiger partial charge in [0.15, 0.2) is 0 Å². The molecule has 0 saturated heterocycles. The Labute approximate surface area is 123 Å². The molecule has 0 unspecified atom stereocenters. The van der Waals surface area contributed by atoms with Gasteiger partial charge in [-0.25, -0.2) is 0 Å². The fourth-order valence-corrected chi connectivity index (χ4v) is 2.86. The number of nitrogens with two attached hydrogens (primary N) is 1. The van der Waals surface area contributed by atoms with E-state index in [1.54, 1.807) is 7.11 Å². The maximum atomic E-state index is 11.7. The van der Waals surface area contributed by atoms with Crippen LogP contribution >= 0.6 is 11.8 Å². The van der Waals surface area contributed by atoms with Crippen LogP contribution in [0.3, 0.4) is 0 Å². The second-order valence-corrected chi connectivity index (χ2v) is 5.57. The molecular formula is C16H17NO2S. The van der Waals surface area contributed by atoms with Crippen molar-refractivity contribution in [2.75, 3.05) is 7.11 Å². The van der Waals surface area contributed by atoms with Gasteiger partial charge in [-0.2, -0.15) is 0 Å². The number of thioether (sulfide) groups is 1. The van der Waals surface area contributed by atoms with Gasteiger partial charge in [0.2, 0.25) is 5.91 Å². The first-order chi connectivity index (χ1) is 9.70. The van der Waals surface area contributed by atoms with E-state index in [1.807, 2.05) is 54.6 Å². The Bertz CT molecular complexity index is 554. The SMILES string of the molecule is COCc1ccc(S[C@@H](C(N)=O)c2ccccc2)cc1. The summed E-state index contributed by atoms with van der Waals surface area (Å²) in [5.41, 5.74) is 7.54. The molecule has 104 valence electrons. The smallest absolute Gasteiger partial charge is 0.235 e. The fraction of sp³-hybridized carbons (Fsp3) is 0.188. The Balaban J connectivity index is 2.14. The van der Waals surface area contributed by atoms with Crippen molar-refractivity contribution in [3.8, 4) is 0 Å². The highest BCUT2D eigenvalue weighted by atomic mass is 32.2. The third-order valence-corrected chi connectivity index (χ3v) is 4.13. The predicted molar refractivity (Wildman–Crippen MR) is 81.4 cm³/mol. The first-order valence-corrected chi connectivity index (χ1v) is 7.17. The number of hydrogen-bond acceptors (Lipinski definition) is 3. The summed E-state index contributed by atoms with van der Waals surface area (Å²) in [7, 11) is 1.67. The summed E-state index contributed by atoms with van der Waals surface area (Å²) >= 11 is 1.46. The van der Waals surface area contributed by atoms with Crippen LogP contribution in [0.4, 0.5) is 0 Å². The van der Waals surface area contributed by atoms with Crippen LogP contribution in [0.15, 0.2) is 59.5 Å². The second-order valence-electron chi connectivity index (χ2n) is 4.39. The Hall–Kier alpha value is -1.78. The summed E-state index contributed by atoms with van der Waals surface area (Å²) in [6.45, 7) is 0.586. The molecule has 1 atom stereocenters. The zero-order chi connectivity index (χ0) is 14.4. The topological polar surface area (TPSA) is 52.3 Å². The lowest BCUT2D eigenvalue weighted by Crippen LogP contribution is -2.18. The summed E-state index contributed by atoms with van der Waals surface area (Å²) in [5, 5.41) is -0.371. The average molecular weight is 287 g/mol. The van der Waals surface area contributed by atoms with Crippen LogP contribution in [0.25, 0.3) is 0 Å². The minimum absolute atomic E-state index is 0.331. The molecule has 2 rings (SSSR count). The zero-order valence-corrected chi connectivity index (χ0v) is 12.1. The van der Waals surface area contributed by atoms with Crippen molar-refractivity contribution < 1.29 is 9.53 Å². The summed E-state index contributed by atoms with van der Waals surface area (Å²) in [6.07, 6.45) is 0. The average Bonchev–Trinajstić information content (AvgIpc) is 2.47. The molecule has 0 radical (unpaired) electrons. The Morgan fingerprint density at radius 1 is 1.15 bits per heavy atom. The number of amides is 1. The molecule has 3 nitrogen and oxygen atoms in total. The molecule has 1 amide bonds. The molecule has 0 aliphatic heterocycles. The lowest BCUT2D eigenvalue weighted by atomic mass is 10.1. The van der Waals surface area contributed by atoms with E-state index in [9.17, 15) is 4.79 Å². The van der Waals surface area contributed by atoms with E-state index in [4.69, 9.17) is 10.5 Å². The molecule has 4 heteroatoms. The minimum Gasteiger partial charge on any atom is -0.380 e. The number of rotatable bonds is 6. The van der Waals surface area contributed by atoms with Crippen LogP contribution in [0.5, 0.6) is 0 Å². The normalized spacial score (nSPS) is 12.1. The van der Waals surface area contributed by atoms with E-state index in [1.165, 1.54) is 11.8 Å². The van der Waals surface area contributed by atoms with E-state index in [0.29, 0.717) is 6.61 Å². The molecule has 0 bridgehead atoms. The highest BCUT2D eigenvalue weighted by molar-refractivity contribution is 8.00. The Kier molecular flexibility index (Phi) is 5.21. The van der Waals surface area contributed by atoms with Gasteiger partial charge in [0.1, 0.15) is 5.25 Å². The van der Waals surface area contributed by atoms with Crippen LogP contribution in [-0.4, -0.2) is 13.0 Å². The van der Waals surface area contributed by atoms with Gasteiger partial charge >= 0.3 is 0 Å². The van der Waals surface area contributed by atoms with E-state index in [2.05, 4.69) is 0 Å². The van der Waals surface area contributed by atoms with Gasteiger partial charge in [0, 0.05) is 12.0 Å². The van der Waals surface area contributed by atoms with Crippen LogP contribution in [0, 0.1) is 0 Å². The van der Waals surface area contributed by atoms with E-state index >= 15 is 0 Å². The van der Waals surface area contributed by atoms with Gasteiger partial charge in [-0.05, 0) is 23.3 Å². The number of carbonyl (C=O) groups is 1. The minimum atomic E-state index is -0.371. The summed E-state index contributed by atoms with van der Waals surface area (Å²) in [4.78, 5) is 12.7. The van der Waals surface area contributed by atoms with Crippen LogP contribution in [-0.2, 0) is 16.1 Å². The third kappa shape index (κ3) is 3.85. The molecule has 0 fully saturated rings. The molecule has 0 aliphatic rings. The molecule has 2 aromatic rings. The summed E-state index contributed by atoms with van der Waals surface area (Å²) in [6, 6.07) is 17.5. The third-order valence-electron chi connectivity index (χ3n) is 2.85. The summed E-state index contributed by atoms with van der Waals surface area (Å²) < 4.78 is 5.08. The molecule has 0 saturated carbocycles. The Morgan fingerprint density at radius 3 is 2.35 bits per heavy atom. The van der Waals surface area contributed by atoms with Crippen molar-refractivity contribution in [1.29, 1.82) is 0 Å². The molecule has 0 aromatic heterocycles. The first kappa shape index (κ1) is 14.6. The molecule has 0 spiro atoms. The monoisotopic (exact) mass is 287 g/mol. The van der Waals surface area contributed by atoms with Crippen LogP contribution < -0.4 is 5.73 Å². The van der Waals surface area contributed by atoms with E-state index in [-0.39, 0.29) is 11.2 Å². The Morgan fingerprint density at radius 2 is 1.80 bits per heavy atom. The van der Waals surface area contributed by atoms with Crippen LogP contribution in [0.1, 0.15) is 16.4 Å². The zero-order valence-electron chi connectivity index (χ0n) is 11.3. The maximum absolute atomic E-state index is 11.7. The molecule has 2 aromatic carbocycles. The van der Waals surface area contributed by atoms with Crippen molar-refractivity contribution in [3.63, 3.8) is 0 Å². The molecule has 0 heterocycles. The van der Waals surface area contributed by atoms with Crippen molar-refractivity contribution in [2.24, 2.45) is 5.73 Å². The molecule has 2 N–H and O–H groups in total. The largest absolute Gasteiger partial charge is 0.380 e. The van der Waals surface area contributed by atoms with Gasteiger partial charge in [-0.1, -0.05) is 42.5 Å². The number of carbonyl (C=O) groups excluding carboxylic acids is 1. The summed E-state index contributed by atoms with van der Waals surface area (Å²) in [5.74, 6) is -0.331. The molecule has 20 heavy (non-hydrogen) atoms. The maximum Gasteiger partial charge on any atom is 0.235 e. The van der Waals surface area contributed by atoms with E-state index < -0.39 is 0 Å². The van der Waals surface area contributed by atoms with Gasteiger partial charge in [-0.15, -0.1) is 11.8 Å². The van der Waals surface area contributed by atoms with Crippen molar-refractivity contribution in [3.05, 3.63) is 65.7 Å². The number of methoxy groups -OCH3 is 1. The highest BCUT2D eigenvalue weighted by Crippen LogP contribution is 2.34. The standard InChI is InChI=1S/C16H17NO2S/c1-19-11-12-7-9-14(10-8-12)20-15(16(17)18)13-5-3-2-4-6-13/h2-10,15H,11H2,1H3,(H2,17,18)/t15-/m1/s1. The lowest BCUT2D eigenvalue weighted by Gasteiger charge is -2.13. The van der Waals surface area contributed by atoms with Gasteiger partial charge in [0.05, 0.1) is 6.61 Å². The quantitative estimate of drug-likeness (QED) is 0.830. The first-order valence-electron chi connectivity index (χ1n) is 6.29. The molecular weight excluding hydrogens is 270 g/mol. The van der Waals surface area contributed by atoms with E-state index in [0.717, 1.165) is 16.0 Å². The lowest BCUT2D eigenvalue weighted by molar-refractivity contribution is -0.117. The molecule has 0 aliphatic carbocycles. The van der Waals surface area contributed by atoms with Crippen molar-refractivity contribution >= 4 is 17.7 Å². The second kappa shape index (κ2) is 7.12. The predicted octanol–water partition coefficient (Wildman–Crippen LogP) is 3.15. The number of ether oxygens (including phenoxy) is 1. The van der Waals surface area contributed by atoms with Gasteiger partial charge in [-0.3, -0.25) is 4.79 Å². The number of benzene rings is 2.